The summed E-state index contributed by atoms with van der Waals surface area (Å²) in [7, 11) is 0. The molecule has 0 bridgehead atoms. The highest BCUT2D eigenvalue weighted by Crippen LogP contribution is 2.05. The molecule has 0 aliphatic carbocycles. The highest BCUT2D eigenvalue weighted by Gasteiger charge is 2.22. The number of alkyl carbamates (subject to hydrolysis) is 1. The van der Waals surface area contributed by atoms with E-state index in [1.165, 1.54) is 0 Å². The Morgan fingerprint density at radius 3 is 2.32 bits per heavy atom. The highest BCUT2D eigenvalue weighted by atomic mass is 16.6. The number of hydrogen-bond acceptors (Lipinski definition) is 4. The third-order valence-electron chi connectivity index (χ3n) is 2.42. The molecule has 5 nitrogen and oxygen atoms in total. The quantitative estimate of drug-likeness (QED) is 0.656. The van der Waals surface area contributed by atoms with E-state index in [1.54, 1.807) is 0 Å². The van der Waals surface area contributed by atoms with Gasteiger partial charge in [0.1, 0.15) is 6.04 Å². The molecule has 0 aromatic rings. The van der Waals surface area contributed by atoms with Crippen molar-refractivity contribution in [2.24, 2.45) is 5.92 Å². The van der Waals surface area contributed by atoms with Crippen molar-refractivity contribution in [2.75, 3.05) is 13.2 Å². The fourth-order valence-corrected chi connectivity index (χ4v) is 1.39. The molecule has 112 valence electrons. The molecule has 0 aliphatic rings. The van der Waals surface area contributed by atoms with Crippen LogP contribution in [0, 0.1) is 5.92 Å². The Morgan fingerprint density at radius 2 is 1.79 bits per heavy atom. The molecule has 1 unspecified atom stereocenters. The summed E-state index contributed by atoms with van der Waals surface area (Å²) in [5.74, 6) is -0.0987. The Labute approximate surface area is 116 Å². The van der Waals surface area contributed by atoms with Crippen molar-refractivity contribution in [3.8, 4) is 0 Å². The summed E-state index contributed by atoms with van der Waals surface area (Å²) in [6, 6.07) is -0.608. The van der Waals surface area contributed by atoms with Gasteiger partial charge < -0.3 is 14.8 Å². The van der Waals surface area contributed by atoms with Crippen molar-refractivity contribution < 1.29 is 19.1 Å². The Bertz CT molecular complexity index is 266. The molecule has 5 heteroatoms. The van der Waals surface area contributed by atoms with Crippen molar-refractivity contribution >= 4 is 12.1 Å². The Hall–Kier alpha value is -1.26. The van der Waals surface area contributed by atoms with Crippen LogP contribution >= 0.6 is 0 Å². The van der Waals surface area contributed by atoms with Gasteiger partial charge in [-0.05, 0) is 18.8 Å². The number of amides is 1. The van der Waals surface area contributed by atoms with Gasteiger partial charge in [0.25, 0.3) is 0 Å². The van der Waals surface area contributed by atoms with Crippen LogP contribution in [-0.2, 0) is 14.3 Å². The maximum Gasteiger partial charge on any atom is 0.407 e. The van der Waals surface area contributed by atoms with E-state index in [0.717, 1.165) is 19.3 Å². The molecular weight excluding hydrogens is 246 g/mol. The average molecular weight is 273 g/mol. The summed E-state index contributed by atoms with van der Waals surface area (Å²) in [5, 5.41) is 2.57. The molecule has 19 heavy (non-hydrogen) atoms. The van der Waals surface area contributed by atoms with Gasteiger partial charge in [-0.15, -0.1) is 0 Å². The van der Waals surface area contributed by atoms with Crippen LogP contribution < -0.4 is 5.32 Å². The number of ether oxygens (including phenoxy) is 2. The van der Waals surface area contributed by atoms with E-state index in [-0.39, 0.29) is 11.9 Å². The molecule has 0 saturated heterocycles. The summed E-state index contributed by atoms with van der Waals surface area (Å²) in [6.45, 7) is 8.61. The van der Waals surface area contributed by atoms with Crippen molar-refractivity contribution in [1.29, 1.82) is 0 Å². The fraction of sp³-hybridized carbons (Fsp3) is 0.857. The molecule has 0 aromatic heterocycles. The van der Waals surface area contributed by atoms with Crippen LogP contribution in [0.5, 0.6) is 0 Å². The minimum Gasteiger partial charge on any atom is -0.464 e. The number of unbranched alkanes of at least 4 members (excludes halogenated alkanes) is 1. The zero-order valence-corrected chi connectivity index (χ0v) is 12.5. The lowest BCUT2D eigenvalue weighted by Crippen LogP contribution is -2.42. The summed E-state index contributed by atoms with van der Waals surface area (Å²) in [4.78, 5) is 23.3. The van der Waals surface area contributed by atoms with Crippen molar-refractivity contribution in [2.45, 2.75) is 59.4 Å². The van der Waals surface area contributed by atoms with Gasteiger partial charge in [0.05, 0.1) is 13.2 Å². The smallest absolute Gasteiger partial charge is 0.407 e. The second kappa shape index (κ2) is 10.6. The van der Waals surface area contributed by atoms with E-state index in [2.05, 4.69) is 5.32 Å². The number of carbonyl (C=O) groups excluding carboxylic acids is 2. The van der Waals surface area contributed by atoms with Gasteiger partial charge in [-0.1, -0.05) is 40.5 Å². The third kappa shape index (κ3) is 9.33. The predicted molar refractivity (Wildman–Crippen MR) is 73.9 cm³/mol. The van der Waals surface area contributed by atoms with Crippen LogP contribution in [0.1, 0.15) is 53.4 Å². The van der Waals surface area contributed by atoms with E-state index < -0.39 is 12.1 Å². The molecule has 0 heterocycles. The lowest BCUT2D eigenvalue weighted by molar-refractivity contribution is -0.147. The SMILES string of the molecule is CCCCC(NC(=O)OCCC)C(=O)OCC(C)C. The number of esters is 1. The van der Waals surface area contributed by atoms with E-state index in [9.17, 15) is 9.59 Å². The lowest BCUT2D eigenvalue weighted by Gasteiger charge is -2.18. The van der Waals surface area contributed by atoms with Gasteiger partial charge in [-0.2, -0.15) is 0 Å². The minimum atomic E-state index is -0.608. The van der Waals surface area contributed by atoms with Gasteiger partial charge in [-0.25, -0.2) is 9.59 Å². The average Bonchev–Trinajstić information content (AvgIpc) is 2.38. The first kappa shape index (κ1) is 17.7. The first-order chi connectivity index (χ1) is 9.01. The van der Waals surface area contributed by atoms with Gasteiger partial charge in [0.2, 0.25) is 0 Å². The molecule has 0 fully saturated rings. The number of carbonyl (C=O) groups is 2. The van der Waals surface area contributed by atoms with Crippen LogP contribution in [0.15, 0.2) is 0 Å². The maximum absolute atomic E-state index is 11.9. The molecule has 0 spiro atoms. The van der Waals surface area contributed by atoms with Gasteiger partial charge in [0, 0.05) is 0 Å². The number of nitrogens with one attached hydrogen (secondary N) is 1. The zero-order valence-electron chi connectivity index (χ0n) is 12.5. The maximum atomic E-state index is 11.9. The van der Waals surface area contributed by atoms with E-state index in [0.29, 0.717) is 19.6 Å². The molecule has 0 saturated carbocycles. The van der Waals surface area contributed by atoms with E-state index >= 15 is 0 Å². The second-order valence-electron chi connectivity index (χ2n) is 5.00. The summed E-state index contributed by atoms with van der Waals surface area (Å²) in [5.41, 5.74) is 0. The van der Waals surface area contributed by atoms with Crippen molar-refractivity contribution in [3.05, 3.63) is 0 Å². The molecule has 1 atom stereocenters. The lowest BCUT2D eigenvalue weighted by atomic mass is 10.1. The monoisotopic (exact) mass is 273 g/mol. The van der Waals surface area contributed by atoms with E-state index in [4.69, 9.17) is 9.47 Å². The van der Waals surface area contributed by atoms with Crippen LogP contribution in [0.3, 0.4) is 0 Å². The normalized spacial score (nSPS) is 12.1. The topological polar surface area (TPSA) is 64.6 Å². The molecule has 0 aromatic carbocycles. The second-order valence-corrected chi connectivity index (χ2v) is 5.00. The Balaban J connectivity index is 4.27. The zero-order chi connectivity index (χ0) is 14.7. The Morgan fingerprint density at radius 1 is 1.11 bits per heavy atom. The van der Waals surface area contributed by atoms with Gasteiger partial charge >= 0.3 is 12.1 Å². The molecule has 0 radical (unpaired) electrons. The number of rotatable bonds is 9. The van der Waals surface area contributed by atoms with E-state index in [1.807, 2.05) is 27.7 Å². The third-order valence-corrected chi connectivity index (χ3v) is 2.42. The standard InChI is InChI=1S/C14H27NO4/c1-5-7-8-12(13(16)19-10-11(3)4)15-14(17)18-9-6-2/h11-12H,5-10H2,1-4H3,(H,15,17). The number of hydrogen-bond donors (Lipinski definition) is 1. The van der Waals surface area contributed by atoms with Crippen LogP contribution in [-0.4, -0.2) is 31.3 Å². The molecular formula is C14H27NO4. The molecule has 1 amide bonds. The van der Waals surface area contributed by atoms with Crippen LogP contribution in [0.2, 0.25) is 0 Å². The van der Waals surface area contributed by atoms with Gasteiger partial charge in [0.15, 0.2) is 0 Å². The molecule has 1 N–H and O–H groups in total. The first-order valence-corrected chi connectivity index (χ1v) is 7.11. The van der Waals surface area contributed by atoms with Crippen molar-refractivity contribution in [3.63, 3.8) is 0 Å². The summed E-state index contributed by atoms with van der Waals surface area (Å²) in [6.07, 6.45) is 2.60. The first-order valence-electron chi connectivity index (χ1n) is 7.11. The largest absolute Gasteiger partial charge is 0.464 e. The minimum absolute atomic E-state index is 0.280. The highest BCUT2D eigenvalue weighted by molar-refractivity contribution is 5.81. The van der Waals surface area contributed by atoms with Crippen molar-refractivity contribution in [1.82, 2.24) is 5.32 Å². The molecule has 0 aliphatic heterocycles. The van der Waals surface area contributed by atoms with Gasteiger partial charge in [-0.3, -0.25) is 0 Å². The predicted octanol–water partition coefficient (Wildman–Crippen LogP) is 2.88. The summed E-state index contributed by atoms with van der Waals surface area (Å²) < 4.78 is 10.1. The molecule has 0 rings (SSSR count). The van der Waals surface area contributed by atoms with Crippen LogP contribution in [0.4, 0.5) is 4.79 Å². The van der Waals surface area contributed by atoms with Crippen LogP contribution in [0.25, 0.3) is 0 Å². The fourth-order valence-electron chi connectivity index (χ4n) is 1.39. The Kier molecular flexibility index (Phi) is 9.94. The summed E-state index contributed by atoms with van der Waals surface area (Å²) >= 11 is 0.